The number of rotatable bonds is 29. The first-order valence-corrected chi connectivity index (χ1v) is 18.5. The Bertz CT molecular complexity index is 809. The highest BCUT2D eigenvalue weighted by Crippen LogP contribution is 2.25. The fourth-order valence-corrected chi connectivity index (χ4v) is 5.43. The molecule has 0 radical (unpaired) electrons. The van der Waals surface area contributed by atoms with Crippen molar-refractivity contribution in [2.75, 3.05) is 26.1 Å². The maximum absolute atomic E-state index is 11.2. The van der Waals surface area contributed by atoms with Crippen molar-refractivity contribution in [2.24, 2.45) is 0 Å². The zero-order valence-corrected chi connectivity index (χ0v) is 27.2. The molecular weight excluding hydrogens is 520 g/mol. The van der Waals surface area contributed by atoms with E-state index in [1.807, 2.05) is 6.07 Å². The molecular formula is C34H62O5S. The van der Waals surface area contributed by atoms with Crippen LogP contribution in [0, 0.1) is 0 Å². The summed E-state index contributed by atoms with van der Waals surface area (Å²) in [6.45, 7) is 5.45. The summed E-state index contributed by atoms with van der Waals surface area (Å²) in [6, 6.07) is 6.12. The lowest BCUT2D eigenvalue weighted by molar-refractivity contribution is 0.221. The number of ether oxygens (including phenoxy) is 2. The van der Waals surface area contributed by atoms with Crippen LogP contribution in [-0.4, -0.2) is 34.5 Å². The molecule has 0 amide bonds. The van der Waals surface area contributed by atoms with Crippen LogP contribution >= 0.6 is 0 Å². The maximum Gasteiger partial charge on any atom is 0.264 e. The van der Waals surface area contributed by atoms with Gasteiger partial charge in [0.25, 0.3) is 10.1 Å². The van der Waals surface area contributed by atoms with E-state index in [1.165, 1.54) is 128 Å². The summed E-state index contributed by atoms with van der Waals surface area (Å²) < 4.78 is 39.2. The Morgan fingerprint density at radius 3 is 1.35 bits per heavy atom. The van der Waals surface area contributed by atoms with Crippen molar-refractivity contribution in [3.63, 3.8) is 0 Å². The SMILES string of the molecule is CCCCCCCCCCCCCCCc1cc(OCCCCCCCCCC)cc(OCCOS(C)(=O)=O)c1. The molecule has 1 rings (SSSR count). The van der Waals surface area contributed by atoms with Crippen molar-refractivity contribution in [3.05, 3.63) is 23.8 Å². The predicted molar refractivity (Wildman–Crippen MR) is 170 cm³/mol. The van der Waals surface area contributed by atoms with Crippen LogP contribution in [0.3, 0.4) is 0 Å². The van der Waals surface area contributed by atoms with Crippen LogP contribution in [0.2, 0.25) is 0 Å². The topological polar surface area (TPSA) is 61.8 Å². The minimum absolute atomic E-state index is 0.0103. The van der Waals surface area contributed by atoms with Gasteiger partial charge >= 0.3 is 0 Å². The molecule has 1 aromatic carbocycles. The second-order valence-electron chi connectivity index (χ2n) is 11.5. The monoisotopic (exact) mass is 582 g/mol. The Balaban J connectivity index is 2.34. The summed E-state index contributed by atoms with van der Waals surface area (Å²) in [5, 5.41) is 0. The normalized spacial score (nSPS) is 11.7. The molecule has 6 heteroatoms. The van der Waals surface area contributed by atoms with E-state index in [4.69, 9.17) is 13.7 Å². The molecule has 0 unspecified atom stereocenters. The first-order chi connectivity index (χ1) is 19.4. The summed E-state index contributed by atoms with van der Waals surface area (Å²) >= 11 is 0. The summed E-state index contributed by atoms with van der Waals surface area (Å²) in [4.78, 5) is 0. The Morgan fingerprint density at radius 2 is 0.900 bits per heavy atom. The molecule has 234 valence electrons. The molecule has 5 nitrogen and oxygen atoms in total. The minimum atomic E-state index is -3.46. The summed E-state index contributed by atoms with van der Waals surface area (Å²) in [7, 11) is -3.46. The molecule has 0 heterocycles. The standard InChI is InChI=1S/C34H62O5S/c1-4-6-8-10-12-14-15-16-17-18-19-21-23-25-32-29-33(37-26-24-22-20-13-11-9-7-5-2)31-34(30-32)38-27-28-39-40(3,35)36/h29-31H,4-28H2,1-3H3. The average Bonchev–Trinajstić information content (AvgIpc) is 2.92. The fourth-order valence-electron chi connectivity index (χ4n) is 5.06. The lowest BCUT2D eigenvalue weighted by Crippen LogP contribution is -2.11. The van der Waals surface area contributed by atoms with Gasteiger partial charge in [0.05, 0.1) is 12.9 Å². The zero-order valence-electron chi connectivity index (χ0n) is 26.4. The highest BCUT2D eigenvalue weighted by molar-refractivity contribution is 7.85. The van der Waals surface area contributed by atoms with Crippen LogP contribution in [0.5, 0.6) is 11.5 Å². The van der Waals surface area contributed by atoms with Crippen molar-refractivity contribution in [3.8, 4) is 11.5 Å². The van der Waals surface area contributed by atoms with Gasteiger partial charge in [-0.3, -0.25) is 4.18 Å². The smallest absolute Gasteiger partial charge is 0.264 e. The van der Waals surface area contributed by atoms with E-state index in [-0.39, 0.29) is 13.2 Å². The Kier molecular flexibility index (Phi) is 23.4. The highest BCUT2D eigenvalue weighted by Gasteiger charge is 2.06. The van der Waals surface area contributed by atoms with E-state index in [0.717, 1.165) is 37.0 Å². The first kappa shape index (κ1) is 36.8. The molecule has 0 bridgehead atoms. The Labute approximate surface area is 248 Å². The van der Waals surface area contributed by atoms with E-state index < -0.39 is 10.1 Å². The van der Waals surface area contributed by atoms with Crippen LogP contribution < -0.4 is 9.47 Å². The van der Waals surface area contributed by atoms with E-state index in [2.05, 4.69) is 26.0 Å². The molecule has 0 aliphatic heterocycles. The molecule has 0 saturated heterocycles. The molecule has 1 aromatic rings. The van der Waals surface area contributed by atoms with Gasteiger partial charge in [-0.05, 0) is 37.0 Å². The minimum Gasteiger partial charge on any atom is -0.493 e. The second-order valence-corrected chi connectivity index (χ2v) is 13.1. The van der Waals surface area contributed by atoms with Gasteiger partial charge in [-0.1, -0.05) is 136 Å². The van der Waals surface area contributed by atoms with Crippen molar-refractivity contribution >= 4 is 10.1 Å². The lowest BCUT2D eigenvalue weighted by Gasteiger charge is -2.13. The maximum atomic E-state index is 11.2. The van der Waals surface area contributed by atoms with Crippen LogP contribution in [0.15, 0.2) is 18.2 Å². The molecule has 0 aromatic heterocycles. The molecule has 0 atom stereocenters. The summed E-state index contributed by atoms with van der Waals surface area (Å²) in [5.41, 5.74) is 1.22. The van der Waals surface area contributed by atoms with Crippen molar-refractivity contribution < 1.29 is 22.1 Å². The zero-order chi connectivity index (χ0) is 29.2. The number of hydrogen-bond donors (Lipinski definition) is 0. The van der Waals surface area contributed by atoms with Gasteiger partial charge in [-0.15, -0.1) is 0 Å². The first-order valence-electron chi connectivity index (χ1n) is 16.7. The third-order valence-corrected chi connectivity index (χ3v) is 8.02. The molecule has 0 N–H and O–H groups in total. The molecule has 0 aliphatic carbocycles. The number of hydrogen-bond acceptors (Lipinski definition) is 5. The van der Waals surface area contributed by atoms with E-state index in [9.17, 15) is 8.42 Å². The van der Waals surface area contributed by atoms with Crippen LogP contribution in [-0.2, 0) is 20.7 Å². The van der Waals surface area contributed by atoms with Crippen molar-refractivity contribution in [1.82, 2.24) is 0 Å². The molecule has 0 spiro atoms. The van der Waals surface area contributed by atoms with Gasteiger partial charge < -0.3 is 9.47 Å². The number of unbranched alkanes of at least 4 members (excludes halogenated alkanes) is 19. The van der Waals surface area contributed by atoms with Gasteiger partial charge in [-0.25, -0.2) is 0 Å². The van der Waals surface area contributed by atoms with Gasteiger partial charge in [0.2, 0.25) is 0 Å². The highest BCUT2D eigenvalue weighted by atomic mass is 32.2. The van der Waals surface area contributed by atoms with Crippen LogP contribution in [0.25, 0.3) is 0 Å². The number of aryl methyl sites for hydroxylation is 1. The van der Waals surface area contributed by atoms with Crippen molar-refractivity contribution in [2.45, 2.75) is 155 Å². The molecule has 0 aliphatic rings. The Hall–Kier alpha value is -1.27. The average molecular weight is 583 g/mol. The van der Waals surface area contributed by atoms with Gasteiger partial charge in [0.1, 0.15) is 24.7 Å². The van der Waals surface area contributed by atoms with E-state index in [0.29, 0.717) is 6.61 Å². The summed E-state index contributed by atoms with van der Waals surface area (Å²) in [5.74, 6) is 1.56. The van der Waals surface area contributed by atoms with Crippen LogP contribution in [0.1, 0.15) is 154 Å². The number of benzene rings is 1. The van der Waals surface area contributed by atoms with E-state index in [1.54, 1.807) is 0 Å². The third-order valence-electron chi connectivity index (χ3n) is 7.42. The predicted octanol–water partition coefficient (Wildman–Crippen LogP) is 10.2. The quantitative estimate of drug-likeness (QED) is 0.0694. The Morgan fingerprint density at radius 1 is 0.500 bits per heavy atom. The third kappa shape index (κ3) is 23.4. The second kappa shape index (κ2) is 25.4. The van der Waals surface area contributed by atoms with Gasteiger partial charge in [-0.2, -0.15) is 8.42 Å². The lowest BCUT2D eigenvalue weighted by atomic mass is 10.0. The fraction of sp³-hybridized carbons (Fsp3) is 0.824. The molecule has 0 saturated carbocycles. The molecule has 40 heavy (non-hydrogen) atoms. The molecule has 0 fully saturated rings. The van der Waals surface area contributed by atoms with Crippen LogP contribution in [0.4, 0.5) is 0 Å². The van der Waals surface area contributed by atoms with Gasteiger partial charge in [0, 0.05) is 6.07 Å². The largest absolute Gasteiger partial charge is 0.493 e. The summed E-state index contributed by atoms with van der Waals surface area (Å²) in [6.07, 6.45) is 29.9. The van der Waals surface area contributed by atoms with Crippen molar-refractivity contribution in [1.29, 1.82) is 0 Å². The van der Waals surface area contributed by atoms with E-state index >= 15 is 0 Å². The van der Waals surface area contributed by atoms with Gasteiger partial charge in [0.15, 0.2) is 0 Å².